The van der Waals surface area contributed by atoms with Crippen LogP contribution in [0, 0.1) is 0 Å². The predicted molar refractivity (Wildman–Crippen MR) is 110 cm³/mol. The molecule has 2 nitrogen and oxygen atoms in total. The highest BCUT2D eigenvalue weighted by Crippen LogP contribution is 2.40. The van der Waals surface area contributed by atoms with E-state index in [0.29, 0.717) is 0 Å². The van der Waals surface area contributed by atoms with Gasteiger partial charge in [0.1, 0.15) is 0 Å². The van der Waals surface area contributed by atoms with Crippen LogP contribution in [-0.4, -0.2) is 5.91 Å². The lowest BCUT2D eigenvalue weighted by Crippen LogP contribution is -2.05. The van der Waals surface area contributed by atoms with E-state index in [0.717, 1.165) is 17.0 Å². The molecule has 0 radical (unpaired) electrons. The van der Waals surface area contributed by atoms with Gasteiger partial charge < -0.3 is 5.32 Å². The molecule has 0 spiro atoms. The molecule has 0 saturated heterocycles. The van der Waals surface area contributed by atoms with Crippen molar-refractivity contribution in [3.63, 3.8) is 0 Å². The Hall–Kier alpha value is -2.78. The zero-order chi connectivity index (χ0) is 17.9. The molecule has 0 aromatic heterocycles. The maximum atomic E-state index is 11.4. The Morgan fingerprint density at radius 2 is 1.73 bits per heavy atom. The second-order valence-electron chi connectivity index (χ2n) is 6.31. The summed E-state index contributed by atoms with van der Waals surface area (Å²) in [6.45, 7) is 1.53. The Balaban J connectivity index is 1.87. The number of thioether (sulfide) groups is 1. The van der Waals surface area contributed by atoms with Crippen molar-refractivity contribution in [2.45, 2.75) is 17.6 Å². The normalized spacial score (nSPS) is 14.3. The molecule has 3 aromatic rings. The molecule has 3 aromatic carbocycles. The van der Waals surface area contributed by atoms with Gasteiger partial charge in [-0.1, -0.05) is 54.6 Å². The third-order valence-electron chi connectivity index (χ3n) is 4.39. The van der Waals surface area contributed by atoms with Crippen molar-refractivity contribution < 1.29 is 4.79 Å². The number of hydrogen-bond acceptors (Lipinski definition) is 2. The van der Waals surface area contributed by atoms with Crippen molar-refractivity contribution in [2.24, 2.45) is 0 Å². The first-order valence-electron chi connectivity index (χ1n) is 8.60. The van der Waals surface area contributed by atoms with Crippen molar-refractivity contribution in [1.29, 1.82) is 0 Å². The number of carbonyl (C=O) groups excluding carboxylic acids is 1. The van der Waals surface area contributed by atoms with Crippen LogP contribution in [0.2, 0.25) is 0 Å². The van der Waals surface area contributed by atoms with Gasteiger partial charge in [0.15, 0.2) is 0 Å². The number of anilines is 1. The number of amides is 1. The first-order chi connectivity index (χ1) is 12.7. The van der Waals surface area contributed by atoms with Gasteiger partial charge in [0.2, 0.25) is 5.91 Å². The third-order valence-corrected chi connectivity index (χ3v) is 5.51. The van der Waals surface area contributed by atoms with Crippen molar-refractivity contribution in [2.75, 3.05) is 5.32 Å². The molecule has 0 atom stereocenters. The molecule has 0 bridgehead atoms. The minimum atomic E-state index is -0.0589. The minimum Gasteiger partial charge on any atom is -0.326 e. The van der Waals surface area contributed by atoms with Crippen LogP contribution in [0.15, 0.2) is 77.7 Å². The first kappa shape index (κ1) is 16.7. The van der Waals surface area contributed by atoms with E-state index in [1.54, 1.807) is 0 Å². The van der Waals surface area contributed by atoms with E-state index in [2.05, 4.69) is 66.0 Å². The molecule has 128 valence electrons. The lowest BCUT2D eigenvalue weighted by Gasteiger charge is -2.12. The quantitative estimate of drug-likeness (QED) is 0.624. The Kier molecular flexibility index (Phi) is 4.63. The zero-order valence-corrected chi connectivity index (χ0v) is 15.3. The van der Waals surface area contributed by atoms with E-state index in [1.165, 1.54) is 34.1 Å². The van der Waals surface area contributed by atoms with Gasteiger partial charge in [-0.05, 0) is 52.1 Å². The summed E-state index contributed by atoms with van der Waals surface area (Å²) in [5.74, 6) is 0.910. The summed E-state index contributed by atoms with van der Waals surface area (Å²) < 4.78 is 0. The molecule has 1 amide bonds. The van der Waals surface area contributed by atoms with E-state index in [1.807, 2.05) is 30.0 Å². The van der Waals surface area contributed by atoms with Crippen LogP contribution < -0.4 is 5.32 Å². The molecule has 0 saturated carbocycles. The summed E-state index contributed by atoms with van der Waals surface area (Å²) >= 11 is 1.88. The average Bonchev–Trinajstić information content (AvgIpc) is 2.80. The first-order valence-corrected chi connectivity index (χ1v) is 9.59. The SMILES string of the molecule is CC(=O)Nc1cccc(/C=C2\c3ccccc3CSc3ccccc32)c1. The van der Waals surface area contributed by atoms with Gasteiger partial charge in [-0.15, -0.1) is 11.8 Å². The fourth-order valence-electron chi connectivity index (χ4n) is 3.26. The van der Waals surface area contributed by atoms with Gasteiger partial charge in [-0.2, -0.15) is 0 Å². The highest BCUT2D eigenvalue weighted by molar-refractivity contribution is 7.98. The van der Waals surface area contributed by atoms with E-state index in [4.69, 9.17) is 0 Å². The number of fused-ring (bicyclic) bond motifs is 2. The van der Waals surface area contributed by atoms with Gasteiger partial charge in [0, 0.05) is 23.3 Å². The monoisotopic (exact) mass is 357 g/mol. The summed E-state index contributed by atoms with van der Waals surface area (Å²) in [6.07, 6.45) is 2.22. The van der Waals surface area contributed by atoms with Crippen molar-refractivity contribution in [1.82, 2.24) is 0 Å². The fourth-order valence-corrected chi connectivity index (χ4v) is 4.33. The lowest BCUT2D eigenvalue weighted by atomic mass is 9.92. The minimum absolute atomic E-state index is 0.0589. The van der Waals surface area contributed by atoms with E-state index < -0.39 is 0 Å². The Morgan fingerprint density at radius 1 is 0.962 bits per heavy atom. The molecule has 1 aliphatic rings. The van der Waals surface area contributed by atoms with Crippen LogP contribution in [0.25, 0.3) is 11.6 Å². The summed E-state index contributed by atoms with van der Waals surface area (Å²) in [6, 6.07) is 25.1. The third kappa shape index (κ3) is 3.44. The number of rotatable bonds is 2. The molecule has 3 heteroatoms. The predicted octanol–water partition coefficient (Wildman–Crippen LogP) is 5.84. The van der Waals surface area contributed by atoms with E-state index in [-0.39, 0.29) is 5.91 Å². The summed E-state index contributed by atoms with van der Waals surface area (Å²) in [7, 11) is 0. The lowest BCUT2D eigenvalue weighted by molar-refractivity contribution is -0.114. The number of nitrogens with one attached hydrogen (secondary N) is 1. The zero-order valence-electron chi connectivity index (χ0n) is 14.5. The molecule has 0 unspecified atom stereocenters. The Bertz CT molecular complexity index is 957. The van der Waals surface area contributed by atoms with Gasteiger partial charge in [-0.3, -0.25) is 4.79 Å². The van der Waals surface area contributed by atoms with Crippen LogP contribution in [0.5, 0.6) is 0 Å². The summed E-state index contributed by atoms with van der Waals surface area (Å²) in [5, 5.41) is 2.86. The molecular formula is C23H19NOS. The van der Waals surface area contributed by atoms with Crippen molar-refractivity contribution in [3.8, 4) is 0 Å². The van der Waals surface area contributed by atoms with Gasteiger partial charge in [0.25, 0.3) is 0 Å². The highest BCUT2D eigenvalue weighted by atomic mass is 32.2. The molecule has 1 N–H and O–H groups in total. The van der Waals surface area contributed by atoms with Crippen LogP contribution in [-0.2, 0) is 10.5 Å². The van der Waals surface area contributed by atoms with E-state index >= 15 is 0 Å². The summed E-state index contributed by atoms with van der Waals surface area (Å²) in [5.41, 5.74) is 6.99. The van der Waals surface area contributed by atoms with Crippen molar-refractivity contribution in [3.05, 3.63) is 95.1 Å². The maximum absolute atomic E-state index is 11.4. The Morgan fingerprint density at radius 3 is 2.58 bits per heavy atom. The summed E-state index contributed by atoms with van der Waals surface area (Å²) in [4.78, 5) is 12.7. The molecule has 0 fully saturated rings. The standard InChI is InChI=1S/C23H19NOS/c1-16(25)24-19-9-6-7-17(13-19)14-22-20-10-3-2-8-18(20)15-26-23-12-5-4-11-21(22)23/h2-14H,15H2,1H3,(H,24,25)/b22-14+. The highest BCUT2D eigenvalue weighted by Gasteiger charge is 2.17. The molecule has 26 heavy (non-hydrogen) atoms. The maximum Gasteiger partial charge on any atom is 0.221 e. The second-order valence-corrected chi connectivity index (χ2v) is 7.32. The van der Waals surface area contributed by atoms with Gasteiger partial charge in [0.05, 0.1) is 0 Å². The number of carbonyl (C=O) groups is 1. The molecule has 0 aliphatic carbocycles. The largest absolute Gasteiger partial charge is 0.326 e. The van der Waals surface area contributed by atoms with Crippen LogP contribution in [0.1, 0.15) is 29.2 Å². The number of hydrogen-bond donors (Lipinski definition) is 1. The molecule has 1 heterocycles. The fraction of sp³-hybridized carbons (Fsp3) is 0.0870. The molecule has 4 rings (SSSR count). The van der Waals surface area contributed by atoms with Crippen LogP contribution >= 0.6 is 11.8 Å². The molecule has 1 aliphatic heterocycles. The number of benzene rings is 3. The van der Waals surface area contributed by atoms with Crippen LogP contribution in [0.4, 0.5) is 5.69 Å². The second kappa shape index (κ2) is 7.22. The topological polar surface area (TPSA) is 29.1 Å². The van der Waals surface area contributed by atoms with E-state index in [9.17, 15) is 4.79 Å². The van der Waals surface area contributed by atoms with Gasteiger partial charge >= 0.3 is 0 Å². The van der Waals surface area contributed by atoms with Crippen molar-refractivity contribution >= 4 is 35.0 Å². The van der Waals surface area contributed by atoms with Gasteiger partial charge in [-0.25, -0.2) is 0 Å². The Labute approximate surface area is 158 Å². The van der Waals surface area contributed by atoms with Crippen LogP contribution in [0.3, 0.4) is 0 Å². The smallest absolute Gasteiger partial charge is 0.221 e. The average molecular weight is 357 g/mol. The molecular weight excluding hydrogens is 338 g/mol.